The Labute approximate surface area is 548 Å². The van der Waals surface area contributed by atoms with E-state index in [9.17, 15) is 39.0 Å². The Kier molecular flexibility index (Phi) is 43.9. The first-order valence-electron chi connectivity index (χ1n) is 34.8. The van der Waals surface area contributed by atoms with E-state index in [2.05, 4.69) is 29.8 Å². The highest BCUT2D eigenvalue weighted by atomic mass is 16.6. The molecule has 0 spiro atoms. The predicted molar refractivity (Wildman–Crippen MR) is 358 cm³/mol. The largest absolute Gasteiger partial charge is 0.481 e. The topological polar surface area (TPSA) is 303 Å². The Morgan fingerprint density at radius 2 is 0.813 bits per heavy atom. The highest BCUT2D eigenvalue weighted by molar-refractivity contribution is 6.14. The van der Waals surface area contributed by atoms with Gasteiger partial charge >= 0.3 is 36.3 Å². The predicted octanol–water partition coefficient (Wildman–Crippen LogP) is 14.2. The fourth-order valence-electron chi connectivity index (χ4n) is 10.7. The van der Waals surface area contributed by atoms with Crippen molar-refractivity contribution in [1.82, 2.24) is 30.7 Å². The van der Waals surface area contributed by atoms with Gasteiger partial charge in [0.2, 0.25) is 11.8 Å². The van der Waals surface area contributed by atoms with Gasteiger partial charge in [-0.2, -0.15) is 0 Å². The van der Waals surface area contributed by atoms with Crippen molar-refractivity contribution in [3.8, 4) is 0 Å². The van der Waals surface area contributed by atoms with Crippen LogP contribution in [0.5, 0.6) is 0 Å². The first-order chi connectivity index (χ1) is 42.6. The minimum atomic E-state index is -2.42. The zero-order valence-electron chi connectivity index (χ0n) is 59.4. The fourth-order valence-corrected chi connectivity index (χ4v) is 10.7. The van der Waals surface area contributed by atoms with Crippen LogP contribution < -0.4 is 21.7 Å². The number of nitrogens with two attached hydrogens (primary N) is 1. The third kappa shape index (κ3) is 43.2. The molecule has 0 radical (unpaired) electrons. The highest BCUT2D eigenvalue weighted by Crippen LogP contribution is 2.32. The zero-order valence-corrected chi connectivity index (χ0v) is 59.4. The number of carboxylic acid groups (broad SMARTS) is 2. The number of rotatable bonds is 51. The lowest BCUT2D eigenvalue weighted by Gasteiger charge is -2.45. The van der Waals surface area contributed by atoms with Crippen LogP contribution in [0.15, 0.2) is 0 Å². The summed E-state index contributed by atoms with van der Waals surface area (Å²) >= 11 is 0. The zero-order chi connectivity index (χ0) is 69.1. The van der Waals surface area contributed by atoms with Gasteiger partial charge in [0.05, 0.1) is 6.04 Å². The minimum absolute atomic E-state index is 0.00797. The molecule has 91 heavy (non-hydrogen) atoms. The molecule has 0 bridgehead atoms. The normalized spacial score (nSPS) is 13.3. The summed E-state index contributed by atoms with van der Waals surface area (Å²) in [7, 11) is 0. The number of carbonyl (C=O) groups excluding carboxylic acids is 7. The molecule has 0 aliphatic heterocycles. The van der Waals surface area contributed by atoms with Crippen LogP contribution in [-0.4, -0.2) is 165 Å². The quantitative estimate of drug-likeness (QED) is 0.0187. The van der Waals surface area contributed by atoms with Crippen molar-refractivity contribution in [1.29, 1.82) is 0 Å². The van der Waals surface area contributed by atoms with Gasteiger partial charge in [-0.1, -0.05) is 155 Å². The average Bonchev–Trinajstić information content (AvgIpc) is 0.764. The summed E-state index contributed by atoms with van der Waals surface area (Å²) in [6, 6.07) is -3.39. The molecule has 0 aromatic heterocycles. The molecule has 0 saturated carbocycles. The molecule has 0 rings (SSSR count). The van der Waals surface area contributed by atoms with Crippen molar-refractivity contribution < 1.29 is 72.3 Å². The summed E-state index contributed by atoms with van der Waals surface area (Å²) in [5.74, 6) is -5.69. The van der Waals surface area contributed by atoms with Gasteiger partial charge in [0.1, 0.15) is 28.4 Å². The molecule has 6 amide bonds. The third-order valence-electron chi connectivity index (χ3n) is 15.3. The first kappa shape index (κ1) is 85.6. The number of Topliss-reactive ketones (excluding diaryl/α,β-unsaturated/α-hetero) is 1. The van der Waals surface area contributed by atoms with Gasteiger partial charge in [-0.3, -0.25) is 29.0 Å². The highest BCUT2D eigenvalue weighted by Gasteiger charge is 2.55. The number of ketones is 1. The Bertz CT molecular complexity index is 2070. The Hall–Kier alpha value is -5.41. The van der Waals surface area contributed by atoms with Crippen molar-refractivity contribution in [2.45, 2.75) is 342 Å². The van der Waals surface area contributed by atoms with Crippen molar-refractivity contribution in [2.24, 2.45) is 5.73 Å². The van der Waals surface area contributed by atoms with Crippen LogP contribution in [0.2, 0.25) is 0 Å². The lowest BCUT2D eigenvalue weighted by molar-refractivity contribution is -0.154. The lowest BCUT2D eigenvalue weighted by Crippen LogP contribution is -2.69. The molecule has 7 N–H and O–H groups in total. The van der Waals surface area contributed by atoms with E-state index in [0.717, 1.165) is 77.0 Å². The monoisotopic (exact) mass is 1300 g/mol. The first-order valence-corrected chi connectivity index (χ1v) is 34.8. The van der Waals surface area contributed by atoms with E-state index >= 15 is 14.4 Å². The molecular weight excluding hydrogens is 1170 g/mol. The van der Waals surface area contributed by atoms with Gasteiger partial charge < -0.3 is 55.7 Å². The number of carboxylic acids is 2. The molecule has 22 nitrogen and oxygen atoms in total. The summed E-state index contributed by atoms with van der Waals surface area (Å²) < 4.78 is 22.8. The van der Waals surface area contributed by atoms with Gasteiger partial charge in [-0.25, -0.2) is 24.0 Å². The van der Waals surface area contributed by atoms with E-state index in [1.165, 1.54) is 74.0 Å². The molecule has 0 fully saturated rings. The molecule has 0 heterocycles. The summed E-state index contributed by atoms with van der Waals surface area (Å²) in [6.07, 6.45) is 19.7. The SMILES string of the molecule is CCCCCCCCCCCCCCN(CCCCCCCCCCCCCC)[C@@](CCC(N)=O)(C(=O)N[C@@H](CCC(=O)O)C(=O)O)C(=O)[C@H](CCCN(CCCNC(=O)OC(C)(C)C)C(=O)OC(C)(C)C)N(CCCNC(=O)OC(C)(C)C)C(=O)OC(C)(C)C. The second-order valence-corrected chi connectivity index (χ2v) is 28.6. The number of unbranched alkanes of at least 4 members (excludes halogenated alkanes) is 22. The summed E-state index contributed by atoms with van der Waals surface area (Å²) in [4.78, 5) is 130. The van der Waals surface area contributed by atoms with Crippen LogP contribution in [-0.2, 0) is 42.9 Å². The maximum atomic E-state index is 16.9. The van der Waals surface area contributed by atoms with Crippen LogP contribution in [0.25, 0.3) is 0 Å². The Morgan fingerprint density at radius 3 is 1.19 bits per heavy atom. The standard InChI is InChI=1S/C69H129N7O15/c1-15-17-19-21-23-25-27-29-31-33-35-37-51-75(52-38-36-34-32-30-28-26-24-22-20-18-16-2)69(46-45-56(70)77,60(83)73-54(59(81)82)43-44-57(78)79)58(80)55(76(64(87)91-68(12,13)14)53-41-48-72-62(85)89-66(6,7)8)42-39-49-74(63(86)90-67(9,10)11)50-40-47-71-61(84)88-65(3,4)5/h54-55H,15-53H2,1-14H3,(H2,70,77)(H,71,84)(H,72,85)(H,73,83)(H,78,79)(H,81,82)/t54-,55-,69+/m0/s1. The molecule has 0 unspecified atom stereocenters. The minimum Gasteiger partial charge on any atom is -0.481 e. The maximum Gasteiger partial charge on any atom is 0.410 e. The van der Waals surface area contributed by atoms with Crippen LogP contribution >= 0.6 is 0 Å². The number of primary amides is 1. The number of nitrogens with one attached hydrogen (secondary N) is 3. The van der Waals surface area contributed by atoms with Gasteiger partial charge in [-0.15, -0.1) is 0 Å². The van der Waals surface area contributed by atoms with Crippen LogP contribution in [0, 0.1) is 0 Å². The summed E-state index contributed by atoms with van der Waals surface area (Å²) in [5, 5.41) is 28.4. The van der Waals surface area contributed by atoms with Crippen molar-refractivity contribution >= 4 is 53.9 Å². The number of alkyl carbamates (subject to hydrolysis) is 2. The molecule has 0 aromatic carbocycles. The second-order valence-electron chi connectivity index (χ2n) is 28.6. The molecule has 22 heteroatoms. The second kappa shape index (κ2) is 46.6. The number of nitrogens with zero attached hydrogens (tertiary/aromatic N) is 3. The van der Waals surface area contributed by atoms with E-state index in [-0.39, 0.29) is 71.5 Å². The summed E-state index contributed by atoms with van der Waals surface area (Å²) in [5.41, 5.74) is -0.0903. The number of carbonyl (C=O) groups is 9. The van der Waals surface area contributed by atoms with Crippen LogP contribution in [0.4, 0.5) is 19.2 Å². The van der Waals surface area contributed by atoms with E-state index in [4.69, 9.17) is 24.7 Å². The maximum absolute atomic E-state index is 16.9. The molecule has 0 aliphatic rings. The molecule has 0 aromatic rings. The number of hydrogen-bond acceptors (Lipinski definition) is 14. The lowest BCUT2D eigenvalue weighted by atomic mass is 9.79. The number of ether oxygens (including phenoxy) is 4. The fraction of sp³-hybridized carbons (Fsp3) is 0.870. The van der Waals surface area contributed by atoms with Gasteiger partial charge in [0.15, 0.2) is 11.3 Å². The number of aliphatic carboxylic acids is 2. The van der Waals surface area contributed by atoms with Gasteiger partial charge in [0.25, 0.3) is 0 Å². The summed E-state index contributed by atoms with van der Waals surface area (Å²) in [6.45, 7) is 25.0. The molecule has 3 atom stereocenters. The number of amides is 6. The molecular formula is C69H129N7O15. The number of hydrogen-bond donors (Lipinski definition) is 6. The molecule has 0 saturated heterocycles. The van der Waals surface area contributed by atoms with E-state index < -0.39 is 120 Å². The van der Waals surface area contributed by atoms with Crippen LogP contribution in [0.1, 0.15) is 302 Å². The Balaban J connectivity index is 8.36. The molecule has 0 aliphatic carbocycles. The van der Waals surface area contributed by atoms with Gasteiger partial charge in [-0.05, 0) is 148 Å². The Morgan fingerprint density at radius 1 is 0.440 bits per heavy atom. The van der Waals surface area contributed by atoms with Crippen molar-refractivity contribution in [2.75, 3.05) is 45.8 Å². The third-order valence-corrected chi connectivity index (χ3v) is 15.3. The van der Waals surface area contributed by atoms with Crippen molar-refractivity contribution in [3.63, 3.8) is 0 Å². The van der Waals surface area contributed by atoms with E-state index in [0.29, 0.717) is 12.8 Å². The van der Waals surface area contributed by atoms with Crippen LogP contribution in [0.3, 0.4) is 0 Å². The van der Waals surface area contributed by atoms with Gasteiger partial charge in [0, 0.05) is 45.6 Å². The molecule has 530 valence electrons. The average molecular weight is 1300 g/mol. The van der Waals surface area contributed by atoms with E-state index in [1.54, 1.807) is 88.0 Å². The van der Waals surface area contributed by atoms with E-state index in [1.807, 2.05) is 0 Å². The smallest absolute Gasteiger partial charge is 0.410 e. The van der Waals surface area contributed by atoms with Crippen molar-refractivity contribution in [3.05, 3.63) is 0 Å².